The molecule has 2 aromatic carbocycles. The van der Waals surface area contributed by atoms with E-state index in [9.17, 15) is 9.90 Å². The smallest absolute Gasteiger partial charge is 0.335 e. The van der Waals surface area contributed by atoms with E-state index in [1.165, 1.54) is 0 Å². The van der Waals surface area contributed by atoms with Crippen LogP contribution in [0.4, 0.5) is 5.82 Å². The number of aryl methyl sites for hydroxylation is 3. The second kappa shape index (κ2) is 6.68. The lowest BCUT2D eigenvalue weighted by Gasteiger charge is -2.09. The standard InChI is InChI=1S/C22H19N3O2/c1-13-6-9-17-18-11-14(12-24-20(18)21(23)25-19(17)10-13)7-8-15-4-2-3-5-16(15)22(26)27/h2-6,9-12H,7-8H2,1H3,(H2,23,25)(H,26,27). The molecule has 0 saturated heterocycles. The van der Waals surface area contributed by atoms with Gasteiger partial charge in [-0.05, 0) is 54.7 Å². The Morgan fingerprint density at radius 1 is 1.07 bits per heavy atom. The SMILES string of the molecule is Cc1ccc2c(c1)nc(N)c1ncc(CCc3ccccc3C(=O)O)cc12. The van der Waals surface area contributed by atoms with E-state index in [2.05, 4.69) is 22.1 Å². The fourth-order valence-corrected chi connectivity index (χ4v) is 3.42. The van der Waals surface area contributed by atoms with E-state index in [0.29, 0.717) is 29.7 Å². The van der Waals surface area contributed by atoms with Gasteiger partial charge >= 0.3 is 5.97 Å². The largest absolute Gasteiger partial charge is 0.478 e. The number of benzene rings is 2. The third-order valence-corrected chi connectivity index (χ3v) is 4.80. The van der Waals surface area contributed by atoms with E-state index in [4.69, 9.17) is 5.73 Å². The van der Waals surface area contributed by atoms with Crippen molar-refractivity contribution in [2.75, 3.05) is 5.73 Å². The number of nitrogens with two attached hydrogens (primary N) is 1. The van der Waals surface area contributed by atoms with E-state index in [1.54, 1.807) is 18.3 Å². The molecule has 0 aliphatic heterocycles. The van der Waals surface area contributed by atoms with Gasteiger partial charge in [0.1, 0.15) is 5.52 Å². The predicted molar refractivity (Wildman–Crippen MR) is 107 cm³/mol. The zero-order valence-corrected chi connectivity index (χ0v) is 14.9. The van der Waals surface area contributed by atoms with Crippen LogP contribution in [0.5, 0.6) is 0 Å². The highest BCUT2D eigenvalue weighted by Crippen LogP contribution is 2.28. The Morgan fingerprint density at radius 3 is 2.70 bits per heavy atom. The molecular weight excluding hydrogens is 338 g/mol. The summed E-state index contributed by atoms with van der Waals surface area (Å²) in [5.41, 5.74) is 11.0. The molecule has 0 saturated carbocycles. The van der Waals surface area contributed by atoms with Crippen LogP contribution in [-0.4, -0.2) is 21.0 Å². The summed E-state index contributed by atoms with van der Waals surface area (Å²) >= 11 is 0. The molecule has 0 atom stereocenters. The maximum atomic E-state index is 11.4. The van der Waals surface area contributed by atoms with Gasteiger partial charge in [-0.15, -0.1) is 0 Å². The minimum Gasteiger partial charge on any atom is -0.478 e. The molecule has 3 N–H and O–H groups in total. The monoisotopic (exact) mass is 357 g/mol. The van der Waals surface area contributed by atoms with Crippen LogP contribution in [0.2, 0.25) is 0 Å². The molecular formula is C22H19N3O2. The molecule has 134 valence electrons. The van der Waals surface area contributed by atoms with Gasteiger partial charge in [-0.2, -0.15) is 0 Å². The Hall–Kier alpha value is -3.47. The number of rotatable bonds is 4. The van der Waals surface area contributed by atoms with E-state index in [-0.39, 0.29) is 0 Å². The van der Waals surface area contributed by atoms with E-state index >= 15 is 0 Å². The Labute approximate surface area is 156 Å². The Morgan fingerprint density at radius 2 is 1.89 bits per heavy atom. The summed E-state index contributed by atoms with van der Waals surface area (Å²) in [6.45, 7) is 2.02. The van der Waals surface area contributed by atoms with Crippen LogP contribution in [0.3, 0.4) is 0 Å². The van der Waals surface area contributed by atoms with Crippen molar-refractivity contribution >= 4 is 33.6 Å². The molecule has 2 heterocycles. The first-order chi connectivity index (χ1) is 13.0. The molecule has 5 heteroatoms. The van der Waals surface area contributed by atoms with E-state index < -0.39 is 5.97 Å². The van der Waals surface area contributed by atoms with E-state index in [1.807, 2.05) is 31.2 Å². The molecule has 2 aromatic heterocycles. The molecule has 27 heavy (non-hydrogen) atoms. The summed E-state index contributed by atoms with van der Waals surface area (Å²) in [5, 5.41) is 11.3. The number of nitrogen functional groups attached to an aromatic ring is 1. The van der Waals surface area contributed by atoms with Gasteiger partial charge < -0.3 is 10.8 Å². The number of hydrogen-bond donors (Lipinski definition) is 2. The number of pyridine rings is 2. The number of fused-ring (bicyclic) bond motifs is 3. The third-order valence-electron chi connectivity index (χ3n) is 4.80. The molecule has 0 unspecified atom stereocenters. The van der Waals surface area contributed by atoms with Gasteiger partial charge in [-0.1, -0.05) is 30.3 Å². The zero-order valence-electron chi connectivity index (χ0n) is 14.9. The van der Waals surface area contributed by atoms with Gasteiger partial charge in [0, 0.05) is 17.0 Å². The van der Waals surface area contributed by atoms with Crippen molar-refractivity contribution in [2.24, 2.45) is 0 Å². The Balaban J connectivity index is 1.73. The normalized spacial score (nSPS) is 11.1. The van der Waals surface area contributed by atoms with Gasteiger partial charge in [0.05, 0.1) is 11.1 Å². The highest BCUT2D eigenvalue weighted by atomic mass is 16.4. The van der Waals surface area contributed by atoms with Crippen molar-refractivity contribution in [1.82, 2.24) is 9.97 Å². The molecule has 4 aromatic rings. The van der Waals surface area contributed by atoms with Gasteiger partial charge in [0.25, 0.3) is 0 Å². The summed E-state index contributed by atoms with van der Waals surface area (Å²) in [4.78, 5) is 20.4. The number of aromatic carboxylic acids is 1. The molecule has 0 spiro atoms. The van der Waals surface area contributed by atoms with Crippen molar-refractivity contribution in [3.8, 4) is 0 Å². The molecule has 0 amide bonds. The van der Waals surface area contributed by atoms with Crippen LogP contribution >= 0.6 is 0 Å². The summed E-state index contributed by atoms with van der Waals surface area (Å²) in [6, 6.07) is 15.3. The highest BCUT2D eigenvalue weighted by molar-refractivity contribution is 6.08. The molecule has 0 fully saturated rings. The second-order valence-electron chi connectivity index (χ2n) is 6.72. The molecule has 0 radical (unpaired) electrons. The minimum atomic E-state index is -0.901. The van der Waals surface area contributed by atoms with Crippen molar-refractivity contribution in [3.05, 3.63) is 77.0 Å². The first kappa shape index (κ1) is 17.0. The van der Waals surface area contributed by atoms with Crippen LogP contribution in [-0.2, 0) is 12.8 Å². The van der Waals surface area contributed by atoms with Gasteiger partial charge in [-0.25, -0.2) is 9.78 Å². The molecule has 0 aliphatic rings. The number of carboxylic acid groups (broad SMARTS) is 1. The lowest BCUT2D eigenvalue weighted by atomic mass is 9.99. The number of carboxylic acids is 1. The molecule has 0 bridgehead atoms. The summed E-state index contributed by atoms with van der Waals surface area (Å²) < 4.78 is 0. The number of carbonyl (C=O) groups is 1. The van der Waals surface area contributed by atoms with Crippen LogP contribution in [0.25, 0.3) is 21.8 Å². The van der Waals surface area contributed by atoms with E-state index in [0.717, 1.165) is 33.0 Å². The molecule has 5 nitrogen and oxygen atoms in total. The third kappa shape index (κ3) is 3.19. The average molecular weight is 357 g/mol. The lowest BCUT2D eigenvalue weighted by molar-refractivity contribution is 0.0695. The second-order valence-corrected chi connectivity index (χ2v) is 6.72. The molecule has 4 rings (SSSR count). The van der Waals surface area contributed by atoms with Crippen molar-refractivity contribution < 1.29 is 9.90 Å². The zero-order chi connectivity index (χ0) is 19.0. The number of hydrogen-bond acceptors (Lipinski definition) is 4. The van der Waals surface area contributed by atoms with Gasteiger partial charge in [0.15, 0.2) is 5.82 Å². The average Bonchev–Trinajstić information content (AvgIpc) is 2.66. The maximum Gasteiger partial charge on any atom is 0.335 e. The van der Waals surface area contributed by atoms with Gasteiger partial charge in [-0.3, -0.25) is 4.98 Å². The highest BCUT2D eigenvalue weighted by Gasteiger charge is 2.11. The van der Waals surface area contributed by atoms with Crippen molar-refractivity contribution in [1.29, 1.82) is 0 Å². The number of anilines is 1. The first-order valence-corrected chi connectivity index (χ1v) is 8.78. The summed E-state index contributed by atoms with van der Waals surface area (Å²) in [5.74, 6) is -0.478. The predicted octanol–water partition coefficient (Wildman–Crippen LogP) is 4.16. The van der Waals surface area contributed by atoms with Crippen LogP contribution in [0.15, 0.2) is 54.7 Å². The fraction of sp³-hybridized carbons (Fsp3) is 0.136. The van der Waals surface area contributed by atoms with Crippen molar-refractivity contribution in [2.45, 2.75) is 19.8 Å². The molecule has 0 aliphatic carbocycles. The number of nitrogens with zero attached hydrogens (tertiary/aromatic N) is 2. The lowest BCUT2D eigenvalue weighted by Crippen LogP contribution is -2.04. The fourth-order valence-electron chi connectivity index (χ4n) is 3.42. The Bertz CT molecular complexity index is 1180. The van der Waals surface area contributed by atoms with Gasteiger partial charge in [0.2, 0.25) is 0 Å². The maximum absolute atomic E-state index is 11.4. The number of aromatic nitrogens is 2. The van der Waals surface area contributed by atoms with Crippen molar-refractivity contribution in [3.63, 3.8) is 0 Å². The summed E-state index contributed by atoms with van der Waals surface area (Å²) in [6.07, 6.45) is 3.12. The van der Waals surface area contributed by atoms with Crippen LogP contribution in [0, 0.1) is 6.92 Å². The Kier molecular flexibility index (Phi) is 4.20. The first-order valence-electron chi connectivity index (χ1n) is 8.78. The summed E-state index contributed by atoms with van der Waals surface area (Å²) in [7, 11) is 0. The quantitative estimate of drug-likeness (QED) is 0.535. The van der Waals surface area contributed by atoms with Crippen LogP contribution < -0.4 is 5.73 Å². The topological polar surface area (TPSA) is 89.1 Å². The minimum absolute atomic E-state index is 0.348. The van der Waals surface area contributed by atoms with Crippen LogP contribution in [0.1, 0.15) is 27.0 Å².